The average molecular weight is 302 g/mol. The first kappa shape index (κ1) is 12.8. The van der Waals surface area contributed by atoms with Crippen LogP contribution in [0.1, 0.15) is 41.9 Å². The largest absolute Gasteiger partial charge is 0.424 e. The van der Waals surface area contributed by atoms with Gasteiger partial charge in [-0.2, -0.15) is 4.98 Å². The van der Waals surface area contributed by atoms with Gasteiger partial charge in [-0.3, -0.25) is 0 Å². The lowest BCUT2D eigenvalue weighted by Crippen LogP contribution is -1.97. The Balaban J connectivity index is 1.52. The maximum atomic E-state index is 5.63. The molecule has 1 fully saturated rings. The van der Waals surface area contributed by atoms with Gasteiger partial charge in [-0.15, -0.1) is 15.3 Å². The molecule has 8 heteroatoms. The molecule has 4 rings (SSSR count). The van der Waals surface area contributed by atoms with E-state index in [1.54, 1.807) is 4.52 Å². The summed E-state index contributed by atoms with van der Waals surface area (Å²) in [5.74, 6) is 3.08. The van der Waals surface area contributed by atoms with Gasteiger partial charge < -0.3 is 4.42 Å². The van der Waals surface area contributed by atoms with Crippen LogP contribution in [0.25, 0.3) is 5.78 Å². The number of fused-ring (bicyclic) bond motifs is 1. The van der Waals surface area contributed by atoms with Gasteiger partial charge >= 0.3 is 0 Å². The molecular formula is C13H14N6OS. The molecule has 0 amide bonds. The Hall–Kier alpha value is -1.96. The van der Waals surface area contributed by atoms with E-state index in [1.807, 2.05) is 19.9 Å². The van der Waals surface area contributed by atoms with Crippen molar-refractivity contribution in [1.82, 2.24) is 29.8 Å². The second-order valence-electron chi connectivity index (χ2n) is 5.24. The molecule has 0 unspecified atom stereocenters. The van der Waals surface area contributed by atoms with Crippen LogP contribution in [0.2, 0.25) is 0 Å². The van der Waals surface area contributed by atoms with Gasteiger partial charge in [-0.1, -0.05) is 11.8 Å². The number of hydrogen-bond donors (Lipinski definition) is 0. The Morgan fingerprint density at radius 3 is 2.95 bits per heavy atom. The van der Waals surface area contributed by atoms with Gasteiger partial charge in [0.05, 0.1) is 5.75 Å². The normalized spacial score (nSPS) is 15.0. The van der Waals surface area contributed by atoms with Crippen LogP contribution in [0.4, 0.5) is 0 Å². The van der Waals surface area contributed by atoms with Crippen molar-refractivity contribution < 1.29 is 4.42 Å². The van der Waals surface area contributed by atoms with Crippen molar-refractivity contribution in [3.8, 4) is 0 Å². The fourth-order valence-corrected chi connectivity index (χ4v) is 2.81. The molecule has 3 aromatic rings. The maximum absolute atomic E-state index is 5.63. The molecule has 0 aliphatic heterocycles. The Morgan fingerprint density at radius 2 is 2.14 bits per heavy atom. The van der Waals surface area contributed by atoms with Crippen molar-refractivity contribution in [2.24, 2.45) is 0 Å². The fourth-order valence-electron chi connectivity index (χ4n) is 2.16. The van der Waals surface area contributed by atoms with E-state index in [4.69, 9.17) is 4.42 Å². The van der Waals surface area contributed by atoms with Gasteiger partial charge in [0.2, 0.25) is 16.9 Å². The first-order chi connectivity index (χ1) is 10.2. The van der Waals surface area contributed by atoms with E-state index in [9.17, 15) is 0 Å². The van der Waals surface area contributed by atoms with Crippen molar-refractivity contribution in [2.45, 2.75) is 43.5 Å². The maximum Gasteiger partial charge on any atom is 0.253 e. The van der Waals surface area contributed by atoms with Crippen LogP contribution >= 0.6 is 11.8 Å². The van der Waals surface area contributed by atoms with Crippen molar-refractivity contribution >= 4 is 17.5 Å². The minimum absolute atomic E-state index is 0.486. The highest BCUT2D eigenvalue weighted by atomic mass is 32.2. The van der Waals surface area contributed by atoms with Gasteiger partial charge in [-0.25, -0.2) is 9.50 Å². The van der Waals surface area contributed by atoms with E-state index in [1.165, 1.54) is 11.8 Å². The van der Waals surface area contributed by atoms with Gasteiger partial charge in [-0.05, 0) is 32.8 Å². The molecule has 108 valence electrons. The monoisotopic (exact) mass is 302 g/mol. The predicted octanol–water partition coefficient (Wildman–Crippen LogP) is 2.29. The topological polar surface area (TPSA) is 82.0 Å². The zero-order chi connectivity index (χ0) is 14.4. The third kappa shape index (κ3) is 2.51. The summed E-state index contributed by atoms with van der Waals surface area (Å²) in [4.78, 5) is 8.79. The number of rotatable bonds is 4. The average Bonchev–Trinajstić information content (AvgIpc) is 3.04. The molecule has 1 aliphatic carbocycles. The van der Waals surface area contributed by atoms with Crippen molar-refractivity contribution in [1.29, 1.82) is 0 Å². The summed E-state index contributed by atoms with van der Waals surface area (Å²) in [6.45, 7) is 3.94. The van der Waals surface area contributed by atoms with Crippen LogP contribution in [0.3, 0.4) is 0 Å². The first-order valence-corrected chi connectivity index (χ1v) is 7.84. The van der Waals surface area contributed by atoms with E-state index in [2.05, 4.69) is 25.3 Å². The van der Waals surface area contributed by atoms with E-state index in [-0.39, 0.29) is 0 Å². The van der Waals surface area contributed by atoms with Gasteiger partial charge in [0, 0.05) is 17.3 Å². The molecule has 3 heterocycles. The number of aromatic nitrogens is 6. The molecular weight excluding hydrogens is 288 g/mol. The molecule has 0 N–H and O–H groups in total. The number of aryl methyl sites for hydroxylation is 2. The van der Waals surface area contributed by atoms with E-state index < -0.39 is 0 Å². The van der Waals surface area contributed by atoms with Crippen LogP contribution in [0.5, 0.6) is 0 Å². The Kier molecular flexibility index (Phi) is 2.91. The summed E-state index contributed by atoms with van der Waals surface area (Å²) in [5, 5.41) is 13.2. The van der Waals surface area contributed by atoms with Gasteiger partial charge in [0.15, 0.2) is 0 Å². The molecule has 1 saturated carbocycles. The summed E-state index contributed by atoms with van der Waals surface area (Å²) < 4.78 is 7.37. The zero-order valence-electron chi connectivity index (χ0n) is 11.8. The molecule has 7 nitrogen and oxygen atoms in total. The van der Waals surface area contributed by atoms with Crippen LogP contribution < -0.4 is 0 Å². The highest BCUT2D eigenvalue weighted by Gasteiger charge is 2.29. The molecule has 0 bridgehead atoms. The van der Waals surface area contributed by atoms with Crippen molar-refractivity contribution in [3.63, 3.8) is 0 Å². The Bertz CT molecular complexity index is 806. The van der Waals surface area contributed by atoms with Gasteiger partial charge in [0.25, 0.3) is 5.78 Å². The summed E-state index contributed by atoms with van der Waals surface area (Å²) in [5.41, 5.74) is 1.96. The summed E-state index contributed by atoms with van der Waals surface area (Å²) in [6, 6.07) is 1.98. The summed E-state index contributed by atoms with van der Waals surface area (Å²) in [7, 11) is 0. The third-order valence-electron chi connectivity index (χ3n) is 3.33. The SMILES string of the molecule is Cc1cc(C)n2nc(SCc3nnc(C4CC4)o3)nc2n1. The molecule has 1 aliphatic rings. The predicted molar refractivity (Wildman–Crippen MR) is 76.1 cm³/mol. The van der Waals surface area contributed by atoms with Crippen molar-refractivity contribution in [3.05, 3.63) is 29.2 Å². The third-order valence-corrected chi connectivity index (χ3v) is 4.16. The lowest BCUT2D eigenvalue weighted by molar-refractivity contribution is 0.466. The second kappa shape index (κ2) is 4.80. The minimum Gasteiger partial charge on any atom is -0.424 e. The molecule has 0 spiro atoms. The molecule has 3 aromatic heterocycles. The number of thioether (sulfide) groups is 1. The highest BCUT2D eigenvalue weighted by Crippen LogP contribution is 2.39. The second-order valence-corrected chi connectivity index (χ2v) is 6.18. The standard InChI is InChI=1S/C13H14N6OS/c1-7-5-8(2)19-12(14-7)15-13(18-19)21-6-10-16-17-11(20-10)9-3-4-9/h5,9H,3-4,6H2,1-2H3. The highest BCUT2D eigenvalue weighted by molar-refractivity contribution is 7.98. The van der Waals surface area contributed by atoms with Gasteiger partial charge in [0.1, 0.15) is 0 Å². The van der Waals surface area contributed by atoms with Crippen LogP contribution in [0, 0.1) is 13.8 Å². The van der Waals surface area contributed by atoms with Crippen LogP contribution in [0.15, 0.2) is 15.6 Å². The van der Waals surface area contributed by atoms with Crippen molar-refractivity contribution in [2.75, 3.05) is 0 Å². The van der Waals surface area contributed by atoms with Crippen LogP contribution in [-0.4, -0.2) is 29.8 Å². The van der Waals surface area contributed by atoms with E-state index in [0.717, 1.165) is 30.1 Å². The molecule has 0 aromatic carbocycles. The summed E-state index contributed by atoms with van der Waals surface area (Å²) in [6.07, 6.45) is 2.32. The molecule has 0 atom stereocenters. The minimum atomic E-state index is 0.486. The fraction of sp³-hybridized carbons (Fsp3) is 0.462. The molecule has 21 heavy (non-hydrogen) atoms. The lowest BCUT2D eigenvalue weighted by Gasteiger charge is -1.97. The Labute approximate surface area is 125 Å². The Morgan fingerprint density at radius 1 is 1.29 bits per heavy atom. The van der Waals surface area contributed by atoms with E-state index in [0.29, 0.717) is 28.5 Å². The first-order valence-electron chi connectivity index (χ1n) is 6.85. The molecule has 0 saturated heterocycles. The van der Waals surface area contributed by atoms with Crippen LogP contribution in [-0.2, 0) is 5.75 Å². The smallest absolute Gasteiger partial charge is 0.253 e. The summed E-state index contributed by atoms with van der Waals surface area (Å²) >= 11 is 1.48. The van der Waals surface area contributed by atoms with E-state index >= 15 is 0 Å². The zero-order valence-corrected chi connectivity index (χ0v) is 12.6. The quantitative estimate of drug-likeness (QED) is 0.684. The molecule has 0 radical (unpaired) electrons. The number of nitrogens with zero attached hydrogens (tertiary/aromatic N) is 6. The number of hydrogen-bond acceptors (Lipinski definition) is 7. The lowest BCUT2D eigenvalue weighted by atomic mass is 10.4.